The summed E-state index contributed by atoms with van der Waals surface area (Å²) in [6.07, 6.45) is -3.43. The maximum Gasteiger partial charge on any atom is 0.573 e. The van der Waals surface area contributed by atoms with Crippen LogP contribution in [0.5, 0.6) is 5.75 Å². The summed E-state index contributed by atoms with van der Waals surface area (Å²) in [5, 5.41) is 0. The first kappa shape index (κ1) is 22.9. The highest BCUT2D eigenvalue weighted by molar-refractivity contribution is 7.89. The number of nitrogens with one attached hydrogen (secondary N) is 2. The number of para-hydroxylation sites is 1. The number of hydrogen-bond donors (Lipinski definition) is 2. The largest absolute Gasteiger partial charge is 0.573 e. The Morgan fingerprint density at radius 3 is 2.42 bits per heavy atom. The predicted molar refractivity (Wildman–Crippen MR) is 107 cm³/mol. The van der Waals surface area contributed by atoms with Crippen molar-refractivity contribution in [2.45, 2.75) is 30.5 Å². The minimum Gasteiger partial charge on any atom is -0.406 e. The second kappa shape index (κ2) is 9.56. The molecular weight excluding hydrogens is 435 g/mol. The monoisotopic (exact) mass is 457 g/mol. The first-order valence-corrected chi connectivity index (χ1v) is 11.0. The number of carbonyl (C=O) groups excluding carboxylic acids is 1. The van der Waals surface area contributed by atoms with E-state index in [1.807, 2.05) is 18.2 Å². The van der Waals surface area contributed by atoms with E-state index in [0.29, 0.717) is 12.8 Å². The second-order valence-electron chi connectivity index (χ2n) is 7.13. The fourth-order valence-corrected chi connectivity index (χ4v) is 4.91. The van der Waals surface area contributed by atoms with Crippen molar-refractivity contribution < 1.29 is 31.1 Å². The van der Waals surface area contributed by atoms with E-state index in [1.54, 1.807) is 12.1 Å². The summed E-state index contributed by atoms with van der Waals surface area (Å²) in [6, 6.07) is 13.2. The van der Waals surface area contributed by atoms with Crippen LogP contribution in [0.1, 0.15) is 19.3 Å². The molecule has 2 aromatic rings. The lowest BCUT2D eigenvalue weighted by atomic mass is 9.96. The molecule has 11 heteroatoms. The van der Waals surface area contributed by atoms with Gasteiger partial charge in [0, 0.05) is 19.5 Å². The molecule has 168 valence electrons. The highest BCUT2D eigenvalue weighted by atomic mass is 32.2. The highest BCUT2D eigenvalue weighted by Gasteiger charge is 2.33. The third-order valence-electron chi connectivity index (χ3n) is 4.77. The molecule has 0 aliphatic carbocycles. The number of hydrazine groups is 1. The van der Waals surface area contributed by atoms with E-state index < -0.39 is 22.1 Å². The van der Waals surface area contributed by atoms with Gasteiger partial charge in [-0.05, 0) is 55.2 Å². The Hall–Kier alpha value is -2.79. The average Bonchev–Trinajstić information content (AvgIpc) is 2.72. The first-order valence-electron chi connectivity index (χ1n) is 9.59. The average molecular weight is 457 g/mol. The summed E-state index contributed by atoms with van der Waals surface area (Å²) in [7, 11) is -3.90. The Morgan fingerprint density at radius 2 is 1.77 bits per heavy atom. The van der Waals surface area contributed by atoms with Crippen molar-refractivity contribution in [2.24, 2.45) is 5.92 Å². The van der Waals surface area contributed by atoms with Crippen LogP contribution in [0.25, 0.3) is 0 Å². The SMILES string of the molecule is O=C(CC1CCCN(S(=O)(=O)c2ccc(OC(F)(F)F)cc2)C1)NNc1ccccc1. The Bertz CT molecular complexity index is 983. The van der Waals surface area contributed by atoms with Crippen molar-refractivity contribution in [3.05, 3.63) is 54.6 Å². The summed E-state index contributed by atoms with van der Waals surface area (Å²) < 4.78 is 67.6. The summed E-state index contributed by atoms with van der Waals surface area (Å²) in [5.41, 5.74) is 6.12. The van der Waals surface area contributed by atoms with Crippen LogP contribution in [0.4, 0.5) is 18.9 Å². The fourth-order valence-electron chi connectivity index (χ4n) is 3.35. The predicted octanol–water partition coefficient (Wildman–Crippen LogP) is 3.52. The number of alkyl halides is 3. The number of nitrogens with zero attached hydrogens (tertiary/aromatic N) is 1. The second-order valence-corrected chi connectivity index (χ2v) is 9.07. The van der Waals surface area contributed by atoms with Crippen LogP contribution in [-0.4, -0.2) is 38.1 Å². The summed E-state index contributed by atoms with van der Waals surface area (Å²) in [4.78, 5) is 12.1. The van der Waals surface area contributed by atoms with Crippen molar-refractivity contribution in [1.29, 1.82) is 0 Å². The van der Waals surface area contributed by atoms with Gasteiger partial charge >= 0.3 is 6.36 Å². The third kappa shape index (κ3) is 6.59. The van der Waals surface area contributed by atoms with Crippen LogP contribution < -0.4 is 15.6 Å². The molecule has 0 aromatic heterocycles. The molecule has 0 radical (unpaired) electrons. The lowest BCUT2D eigenvalue weighted by molar-refractivity contribution is -0.274. The van der Waals surface area contributed by atoms with Gasteiger partial charge < -0.3 is 4.74 Å². The molecule has 7 nitrogen and oxygen atoms in total. The highest BCUT2D eigenvalue weighted by Crippen LogP contribution is 2.28. The van der Waals surface area contributed by atoms with Gasteiger partial charge in [0.25, 0.3) is 0 Å². The minimum atomic E-state index is -4.85. The molecule has 1 unspecified atom stereocenters. The number of ether oxygens (including phenoxy) is 1. The van der Waals surface area contributed by atoms with Crippen molar-refractivity contribution in [2.75, 3.05) is 18.5 Å². The minimum absolute atomic E-state index is 0.127. The molecule has 1 amide bonds. The van der Waals surface area contributed by atoms with Crippen LogP contribution in [0.3, 0.4) is 0 Å². The molecule has 1 saturated heterocycles. The lowest BCUT2D eigenvalue weighted by Crippen LogP contribution is -2.41. The van der Waals surface area contributed by atoms with Crippen LogP contribution in [0.15, 0.2) is 59.5 Å². The van der Waals surface area contributed by atoms with Crippen molar-refractivity contribution in [3.8, 4) is 5.75 Å². The van der Waals surface area contributed by atoms with Crippen molar-refractivity contribution in [3.63, 3.8) is 0 Å². The van der Waals surface area contributed by atoms with Crippen LogP contribution in [0.2, 0.25) is 0 Å². The van der Waals surface area contributed by atoms with Gasteiger partial charge in [-0.3, -0.25) is 15.6 Å². The Morgan fingerprint density at radius 1 is 1.10 bits per heavy atom. The molecule has 1 aliphatic rings. The maximum absolute atomic E-state index is 12.9. The Balaban J connectivity index is 1.58. The van der Waals surface area contributed by atoms with E-state index in [9.17, 15) is 26.4 Å². The van der Waals surface area contributed by atoms with Gasteiger partial charge in [-0.1, -0.05) is 18.2 Å². The van der Waals surface area contributed by atoms with Gasteiger partial charge in [-0.25, -0.2) is 8.42 Å². The molecule has 1 atom stereocenters. The van der Waals surface area contributed by atoms with Crippen LogP contribution >= 0.6 is 0 Å². The van der Waals surface area contributed by atoms with Gasteiger partial charge in [-0.2, -0.15) is 4.31 Å². The third-order valence-corrected chi connectivity index (χ3v) is 6.65. The standard InChI is InChI=1S/C20H22F3N3O4S/c21-20(22,23)30-17-8-10-18(11-9-17)31(28,29)26-12-4-5-15(14-26)13-19(27)25-24-16-6-2-1-3-7-16/h1-3,6-11,15,24H,4-5,12-14H2,(H,25,27). The number of sulfonamides is 1. The zero-order valence-electron chi connectivity index (χ0n) is 16.4. The summed E-state index contributed by atoms with van der Waals surface area (Å²) in [6.45, 7) is 0.436. The van der Waals surface area contributed by atoms with Crippen molar-refractivity contribution >= 4 is 21.6 Å². The van der Waals surface area contributed by atoms with Crippen LogP contribution in [0, 0.1) is 5.92 Å². The number of halogens is 3. The number of carbonyl (C=O) groups is 1. The quantitative estimate of drug-likeness (QED) is 0.622. The maximum atomic E-state index is 12.9. The zero-order valence-corrected chi connectivity index (χ0v) is 17.2. The fraction of sp³-hybridized carbons (Fsp3) is 0.350. The lowest BCUT2D eigenvalue weighted by Gasteiger charge is -2.31. The molecule has 2 aromatic carbocycles. The van der Waals surface area contributed by atoms with Gasteiger partial charge in [0.15, 0.2) is 0 Å². The van der Waals surface area contributed by atoms with Gasteiger partial charge in [0.05, 0.1) is 10.6 Å². The molecule has 1 aliphatic heterocycles. The Labute approximate surface area is 178 Å². The molecule has 1 fully saturated rings. The van der Waals surface area contributed by atoms with E-state index in [0.717, 1.165) is 30.0 Å². The van der Waals surface area contributed by atoms with E-state index in [4.69, 9.17) is 0 Å². The van der Waals surface area contributed by atoms with E-state index in [-0.39, 0.29) is 36.2 Å². The Kier molecular flexibility index (Phi) is 7.06. The number of rotatable bonds is 7. The topological polar surface area (TPSA) is 87.7 Å². The first-order chi connectivity index (χ1) is 14.6. The molecule has 3 rings (SSSR count). The molecular formula is C20H22F3N3O4S. The number of amides is 1. The number of benzene rings is 2. The van der Waals surface area contributed by atoms with E-state index in [1.165, 1.54) is 4.31 Å². The normalized spacial score (nSPS) is 17.7. The number of piperidine rings is 1. The molecule has 0 bridgehead atoms. The summed E-state index contributed by atoms with van der Waals surface area (Å²) in [5.74, 6) is -0.929. The van der Waals surface area contributed by atoms with Gasteiger partial charge in [-0.15, -0.1) is 13.2 Å². The van der Waals surface area contributed by atoms with E-state index in [2.05, 4.69) is 15.6 Å². The number of hydrogen-bond acceptors (Lipinski definition) is 5. The molecule has 1 heterocycles. The van der Waals surface area contributed by atoms with E-state index >= 15 is 0 Å². The molecule has 31 heavy (non-hydrogen) atoms. The summed E-state index contributed by atoms with van der Waals surface area (Å²) >= 11 is 0. The van der Waals surface area contributed by atoms with Crippen LogP contribution in [-0.2, 0) is 14.8 Å². The smallest absolute Gasteiger partial charge is 0.406 e. The van der Waals surface area contributed by atoms with Crippen molar-refractivity contribution in [1.82, 2.24) is 9.73 Å². The molecule has 2 N–H and O–H groups in total. The van der Waals surface area contributed by atoms with Gasteiger partial charge in [0.2, 0.25) is 15.9 Å². The zero-order chi connectivity index (χ0) is 22.5. The van der Waals surface area contributed by atoms with Gasteiger partial charge in [0.1, 0.15) is 5.75 Å². The number of anilines is 1. The molecule has 0 saturated carbocycles. The molecule has 0 spiro atoms.